The minimum absolute atomic E-state index is 0.126. The number of rotatable bonds is 1. The van der Waals surface area contributed by atoms with E-state index in [1.807, 2.05) is 0 Å². The molecule has 0 aromatic rings. The number of methoxy groups -OCH3 is 1. The van der Waals surface area contributed by atoms with Crippen molar-refractivity contribution in [2.45, 2.75) is 25.2 Å². The molecule has 1 saturated carbocycles. The average molecular weight is 164 g/mol. The molecule has 1 aliphatic rings. The van der Waals surface area contributed by atoms with Crippen LogP contribution in [0.15, 0.2) is 0 Å². The zero-order valence-electron chi connectivity index (χ0n) is 6.22. The second kappa shape index (κ2) is 3.15. The Labute approximate surface area is 63.5 Å². The van der Waals surface area contributed by atoms with Gasteiger partial charge in [-0.25, -0.2) is 8.78 Å². The Morgan fingerprint density at radius 1 is 1.45 bits per heavy atom. The van der Waals surface area contributed by atoms with Crippen LogP contribution in [0.5, 0.6) is 0 Å². The molecule has 11 heavy (non-hydrogen) atoms. The summed E-state index contributed by atoms with van der Waals surface area (Å²) >= 11 is 0. The van der Waals surface area contributed by atoms with Crippen LogP contribution in [-0.2, 0) is 9.53 Å². The molecule has 0 amide bonds. The summed E-state index contributed by atoms with van der Waals surface area (Å²) in [5.41, 5.74) is 0. The predicted molar refractivity (Wildman–Crippen MR) is 34.5 cm³/mol. The van der Waals surface area contributed by atoms with Crippen LogP contribution in [0, 0.1) is 5.92 Å². The molecule has 0 saturated heterocycles. The quantitative estimate of drug-likeness (QED) is 0.545. The van der Waals surface area contributed by atoms with E-state index in [-0.39, 0.29) is 12.8 Å². The number of halogens is 2. The van der Waals surface area contributed by atoms with E-state index >= 15 is 0 Å². The first kappa shape index (κ1) is 8.43. The largest absolute Gasteiger partial charge is 0.469 e. The summed E-state index contributed by atoms with van der Waals surface area (Å²) in [5.74, 6) is -1.52. The van der Waals surface area contributed by atoms with Crippen LogP contribution >= 0.6 is 0 Å². The van der Waals surface area contributed by atoms with Crippen molar-refractivity contribution in [1.82, 2.24) is 0 Å². The topological polar surface area (TPSA) is 26.3 Å². The van der Waals surface area contributed by atoms with Gasteiger partial charge in [0.2, 0.25) is 0 Å². The molecule has 0 N–H and O–H groups in total. The van der Waals surface area contributed by atoms with Gasteiger partial charge >= 0.3 is 5.97 Å². The van der Waals surface area contributed by atoms with Gasteiger partial charge in [0.05, 0.1) is 13.0 Å². The van der Waals surface area contributed by atoms with Crippen LogP contribution in [0.3, 0.4) is 0 Å². The van der Waals surface area contributed by atoms with E-state index in [9.17, 15) is 13.6 Å². The van der Waals surface area contributed by atoms with Crippen LogP contribution < -0.4 is 0 Å². The van der Waals surface area contributed by atoms with Crippen LogP contribution in [-0.4, -0.2) is 25.4 Å². The van der Waals surface area contributed by atoms with Gasteiger partial charge in [-0.2, -0.15) is 0 Å². The van der Waals surface area contributed by atoms with Crippen molar-refractivity contribution in [3.63, 3.8) is 0 Å². The number of alkyl halides is 2. The van der Waals surface area contributed by atoms with E-state index in [4.69, 9.17) is 0 Å². The van der Waals surface area contributed by atoms with Gasteiger partial charge < -0.3 is 4.74 Å². The monoisotopic (exact) mass is 164 g/mol. The van der Waals surface area contributed by atoms with Gasteiger partial charge in [0, 0.05) is 0 Å². The van der Waals surface area contributed by atoms with Gasteiger partial charge in [0.25, 0.3) is 0 Å². The molecule has 1 rings (SSSR count). The number of ether oxygens (including phenoxy) is 1. The molecule has 0 aromatic heterocycles. The Morgan fingerprint density at radius 3 is 2.45 bits per heavy atom. The van der Waals surface area contributed by atoms with Crippen molar-refractivity contribution in [2.75, 3.05) is 7.11 Å². The standard InChI is InChI=1S/C7H10F2O2/c1-11-7(10)4-2-3-5(8)6(4)9/h4-6H,2-3H2,1H3. The fraction of sp³-hybridized carbons (Fsp3) is 0.857. The maximum atomic E-state index is 12.7. The normalized spacial score (nSPS) is 37.2. The maximum absolute atomic E-state index is 12.7. The molecular formula is C7H10F2O2. The summed E-state index contributed by atoms with van der Waals surface area (Å²) in [4.78, 5) is 10.7. The lowest BCUT2D eigenvalue weighted by molar-refractivity contribution is -0.147. The molecule has 0 heterocycles. The Balaban J connectivity index is 2.54. The summed E-state index contributed by atoms with van der Waals surface area (Å²) in [6.07, 6.45) is -2.77. The Kier molecular flexibility index (Phi) is 2.42. The van der Waals surface area contributed by atoms with Crippen LogP contribution in [0.4, 0.5) is 8.78 Å². The fourth-order valence-electron chi connectivity index (χ4n) is 1.31. The molecule has 64 valence electrons. The minimum atomic E-state index is -1.66. The zero-order chi connectivity index (χ0) is 8.43. The average Bonchev–Trinajstić information content (AvgIpc) is 2.32. The van der Waals surface area contributed by atoms with E-state index in [2.05, 4.69) is 4.74 Å². The van der Waals surface area contributed by atoms with E-state index in [0.29, 0.717) is 0 Å². The molecule has 0 aliphatic heterocycles. The van der Waals surface area contributed by atoms with Crippen molar-refractivity contribution in [2.24, 2.45) is 5.92 Å². The highest BCUT2D eigenvalue weighted by Gasteiger charge is 2.41. The number of carbonyl (C=O) groups is 1. The lowest BCUT2D eigenvalue weighted by atomic mass is 10.1. The Bertz CT molecular complexity index is 161. The fourth-order valence-corrected chi connectivity index (χ4v) is 1.31. The third-order valence-corrected chi connectivity index (χ3v) is 1.99. The zero-order valence-corrected chi connectivity index (χ0v) is 6.22. The van der Waals surface area contributed by atoms with Gasteiger partial charge in [0.1, 0.15) is 12.3 Å². The summed E-state index contributed by atoms with van der Waals surface area (Å²) in [6.45, 7) is 0. The predicted octanol–water partition coefficient (Wildman–Crippen LogP) is 1.25. The maximum Gasteiger partial charge on any atom is 0.311 e. The number of esters is 1. The smallest absolute Gasteiger partial charge is 0.311 e. The summed E-state index contributed by atoms with van der Waals surface area (Å²) in [6, 6.07) is 0. The summed E-state index contributed by atoms with van der Waals surface area (Å²) < 4.78 is 29.5. The van der Waals surface area contributed by atoms with Gasteiger partial charge in [0.15, 0.2) is 0 Å². The SMILES string of the molecule is COC(=O)C1CCC(F)C1F. The first-order valence-corrected chi connectivity index (χ1v) is 3.52. The lowest BCUT2D eigenvalue weighted by Crippen LogP contribution is -2.25. The number of hydrogen-bond donors (Lipinski definition) is 0. The number of carbonyl (C=O) groups excluding carboxylic acids is 1. The molecule has 1 aliphatic carbocycles. The summed E-state index contributed by atoms with van der Waals surface area (Å²) in [7, 11) is 1.18. The van der Waals surface area contributed by atoms with Gasteiger partial charge in [-0.05, 0) is 12.8 Å². The molecule has 0 spiro atoms. The van der Waals surface area contributed by atoms with Crippen molar-refractivity contribution < 1.29 is 18.3 Å². The first-order chi connectivity index (χ1) is 5.16. The summed E-state index contributed by atoms with van der Waals surface area (Å²) in [5, 5.41) is 0. The molecular weight excluding hydrogens is 154 g/mol. The third-order valence-electron chi connectivity index (χ3n) is 1.99. The van der Waals surface area contributed by atoms with E-state index in [1.54, 1.807) is 0 Å². The lowest BCUT2D eigenvalue weighted by Gasteiger charge is -2.09. The van der Waals surface area contributed by atoms with Gasteiger partial charge in [-0.15, -0.1) is 0 Å². The molecule has 2 nitrogen and oxygen atoms in total. The van der Waals surface area contributed by atoms with Crippen molar-refractivity contribution in [1.29, 1.82) is 0 Å². The van der Waals surface area contributed by atoms with Crippen molar-refractivity contribution in [3.8, 4) is 0 Å². The highest BCUT2D eigenvalue weighted by Crippen LogP contribution is 2.31. The molecule has 0 aromatic carbocycles. The van der Waals surface area contributed by atoms with E-state index < -0.39 is 24.2 Å². The minimum Gasteiger partial charge on any atom is -0.469 e. The molecule has 0 radical (unpaired) electrons. The van der Waals surface area contributed by atoms with Crippen LogP contribution in [0.2, 0.25) is 0 Å². The van der Waals surface area contributed by atoms with E-state index in [1.165, 1.54) is 7.11 Å². The molecule has 4 heteroatoms. The third kappa shape index (κ3) is 1.49. The number of hydrogen-bond acceptors (Lipinski definition) is 2. The Morgan fingerprint density at radius 2 is 2.09 bits per heavy atom. The second-order valence-corrected chi connectivity index (χ2v) is 2.67. The molecule has 0 bridgehead atoms. The molecule has 1 fully saturated rings. The van der Waals surface area contributed by atoms with E-state index in [0.717, 1.165) is 0 Å². The molecule has 3 unspecified atom stereocenters. The van der Waals surface area contributed by atoms with Gasteiger partial charge in [-0.3, -0.25) is 4.79 Å². The highest BCUT2D eigenvalue weighted by atomic mass is 19.2. The Hall–Kier alpha value is -0.670. The molecule has 3 atom stereocenters. The first-order valence-electron chi connectivity index (χ1n) is 3.52. The van der Waals surface area contributed by atoms with Crippen molar-refractivity contribution in [3.05, 3.63) is 0 Å². The van der Waals surface area contributed by atoms with Gasteiger partial charge in [-0.1, -0.05) is 0 Å². The van der Waals surface area contributed by atoms with Crippen LogP contribution in [0.25, 0.3) is 0 Å². The highest BCUT2D eigenvalue weighted by molar-refractivity contribution is 5.73. The van der Waals surface area contributed by atoms with Crippen molar-refractivity contribution >= 4 is 5.97 Å². The van der Waals surface area contributed by atoms with Crippen LogP contribution in [0.1, 0.15) is 12.8 Å². The second-order valence-electron chi connectivity index (χ2n) is 2.67.